The summed E-state index contributed by atoms with van der Waals surface area (Å²) in [6, 6.07) is 13.9. The Morgan fingerprint density at radius 1 is 1.00 bits per heavy atom. The molecule has 0 aliphatic heterocycles. The Balaban J connectivity index is 2.48. The number of rotatable bonds is 3. The Bertz CT molecular complexity index is 552. The van der Waals surface area contributed by atoms with Gasteiger partial charge in [0.25, 0.3) is 0 Å². The number of aryl methyl sites for hydroxylation is 1. The largest absolute Gasteiger partial charge is 0.309 e. The maximum Gasteiger partial charge on any atom is 0.0577 e. The van der Waals surface area contributed by atoms with Crippen LogP contribution < -0.4 is 5.32 Å². The van der Waals surface area contributed by atoms with Gasteiger partial charge >= 0.3 is 0 Å². The summed E-state index contributed by atoms with van der Waals surface area (Å²) in [6.07, 6.45) is 0. The molecule has 0 spiro atoms. The molecule has 94 valence electrons. The molecule has 2 aromatic rings. The fourth-order valence-electron chi connectivity index (χ4n) is 2.11. The first-order valence-electron chi connectivity index (χ1n) is 5.80. The number of hydrogen-bond acceptors (Lipinski definition) is 1. The molecule has 0 aromatic heterocycles. The standard InChI is InChI=1S/C15H15Cl2N/c1-10-6-7-13(17)9-14(10)15(18-2)11-4-3-5-12(16)8-11/h3-9,15,18H,1-2H3. The van der Waals surface area contributed by atoms with Crippen molar-refractivity contribution < 1.29 is 0 Å². The predicted octanol–water partition coefficient (Wildman–Crippen LogP) is 4.61. The van der Waals surface area contributed by atoms with Crippen LogP contribution in [0.5, 0.6) is 0 Å². The average molecular weight is 280 g/mol. The Hall–Kier alpha value is -1.02. The smallest absolute Gasteiger partial charge is 0.0577 e. The summed E-state index contributed by atoms with van der Waals surface area (Å²) < 4.78 is 0. The van der Waals surface area contributed by atoms with Crippen LogP contribution in [0.3, 0.4) is 0 Å². The number of nitrogens with one attached hydrogen (secondary N) is 1. The normalized spacial score (nSPS) is 12.4. The van der Waals surface area contributed by atoms with Gasteiger partial charge in [0.15, 0.2) is 0 Å². The van der Waals surface area contributed by atoms with Crippen LogP contribution in [0.15, 0.2) is 42.5 Å². The maximum atomic E-state index is 6.08. The molecule has 0 aliphatic rings. The molecule has 3 heteroatoms. The van der Waals surface area contributed by atoms with Crippen LogP contribution in [0.1, 0.15) is 22.7 Å². The van der Waals surface area contributed by atoms with Gasteiger partial charge in [-0.05, 0) is 54.9 Å². The van der Waals surface area contributed by atoms with Gasteiger partial charge < -0.3 is 5.32 Å². The lowest BCUT2D eigenvalue weighted by molar-refractivity contribution is 0.688. The van der Waals surface area contributed by atoms with Gasteiger partial charge in [0, 0.05) is 10.0 Å². The zero-order valence-corrected chi connectivity index (χ0v) is 11.9. The van der Waals surface area contributed by atoms with Gasteiger partial charge in [-0.15, -0.1) is 0 Å². The SMILES string of the molecule is CNC(c1cccc(Cl)c1)c1cc(Cl)ccc1C. The minimum Gasteiger partial charge on any atom is -0.309 e. The van der Waals surface area contributed by atoms with E-state index in [1.165, 1.54) is 11.1 Å². The average Bonchev–Trinajstić information content (AvgIpc) is 2.35. The Morgan fingerprint density at radius 3 is 2.39 bits per heavy atom. The molecule has 0 heterocycles. The van der Waals surface area contributed by atoms with Gasteiger partial charge in [-0.25, -0.2) is 0 Å². The Kier molecular flexibility index (Phi) is 4.28. The number of hydrogen-bond donors (Lipinski definition) is 1. The van der Waals surface area contributed by atoms with Crippen LogP contribution in [0.25, 0.3) is 0 Å². The van der Waals surface area contributed by atoms with Crippen molar-refractivity contribution in [2.45, 2.75) is 13.0 Å². The summed E-state index contributed by atoms with van der Waals surface area (Å²) in [5.41, 5.74) is 3.52. The quantitative estimate of drug-likeness (QED) is 0.865. The van der Waals surface area contributed by atoms with Gasteiger partial charge in [-0.1, -0.05) is 41.4 Å². The third kappa shape index (κ3) is 2.86. The van der Waals surface area contributed by atoms with Crippen LogP contribution in [-0.4, -0.2) is 7.05 Å². The zero-order valence-electron chi connectivity index (χ0n) is 10.4. The molecule has 0 saturated carbocycles. The van der Waals surface area contributed by atoms with Gasteiger partial charge in [0.1, 0.15) is 0 Å². The van der Waals surface area contributed by atoms with Crippen molar-refractivity contribution >= 4 is 23.2 Å². The molecule has 0 fully saturated rings. The summed E-state index contributed by atoms with van der Waals surface area (Å²) in [5.74, 6) is 0. The minimum absolute atomic E-state index is 0.0994. The highest BCUT2D eigenvalue weighted by molar-refractivity contribution is 6.31. The number of benzene rings is 2. The van der Waals surface area contributed by atoms with Crippen LogP contribution in [0, 0.1) is 6.92 Å². The zero-order chi connectivity index (χ0) is 13.1. The monoisotopic (exact) mass is 279 g/mol. The molecule has 0 amide bonds. The van der Waals surface area contributed by atoms with Gasteiger partial charge in [0.05, 0.1) is 6.04 Å². The summed E-state index contributed by atoms with van der Waals surface area (Å²) in [7, 11) is 1.94. The second-order valence-electron chi connectivity index (χ2n) is 4.28. The predicted molar refractivity (Wildman–Crippen MR) is 78.5 cm³/mol. The highest BCUT2D eigenvalue weighted by atomic mass is 35.5. The van der Waals surface area contributed by atoms with E-state index in [2.05, 4.69) is 18.3 Å². The lowest BCUT2D eigenvalue weighted by atomic mass is 9.95. The van der Waals surface area contributed by atoms with E-state index in [-0.39, 0.29) is 6.04 Å². The van der Waals surface area contributed by atoms with Gasteiger partial charge in [-0.2, -0.15) is 0 Å². The fraction of sp³-hybridized carbons (Fsp3) is 0.200. The van der Waals surface area contributed by atoms with Gasteiger partial charge in [-0.3, -0.25) is 0 Å². The first-order chi connectivity index (χ1) is 8.61. The van der Waals surface area contributed by atoms with E-state index in [1.807, 2.05) is 43.4 Å². The van der Waals surface area contributed by atoms with Gasteiger partial charge in [0.2, 0.25) is 0 Å². The van der Waals surface area contributed by atoms with E-state index in [0.29, 0.717) is 0 Å². The molecule has 0 aliphatic carbocycles. The lowest BCUT2D eigenvalue weighted by Gasteiger charge is -2.20. The second-order valence-corrected chi connectivity index (χ2v) is 5.15. The van der Waals surface area contributed by atoms with E-state index in [1.54, 1.807) is 0 Å². The minimum atomic E-state index is 0.0994. The molecule has 1 N–H and O–H groups in total. The molecule has 0 bridgehead atoms. The van der Waals surface area contributed by atoms with Crippen molar-refractivity contribution in [1.29, 1.82) is 0 Å². The van der Waals surface area contributed by atoms with E-state index in [9.17, 15) is 0 Å². The summed E-state index contributed by atoms with van der Waals surface area (Å²) in [5, 5.41) is 4.80. The number of halogens is 2. The molecular formula is C15H15Cl2N. The fourth-order valence-corrected chi connectivity index (χ4v) is 2.49. The van der Waals surface area contributed by atoms with Crippen molar-refractivity contribution in [2.24, 2.45) is 0 Å². The second kappa shape index (κ2) is 5.75. The first-order valence-corrected chi connectivity index (χ1v) is 6.56. The van der Waals surface area contributed by atoms with E-state index in [0.717, 1.165) is 15.6 Å². The van der Waals surface area contributed by atoms with Crippen LogP contribution >= 0.6 is 23.2 Å². The highest BCUT2D eigenvalue weighted by Crippen LogP contribution is 2.28. The summed E-state index contributed by atoms with van der Waals surface area (Å²) >= 11 is 12.1. The molecule has 1 nitrogen and oxygen atoms in total. The van der Waals surface area contributed by atoms with E-state index >= 15 is 0 Å². The van der Waals surface area contributed by atoms with Crippen molar-refractivity contribution in [3.8, 4) is 0 Å². The van der Waals surface area contributed by atoms with E-state index < -0.39 is 0 Å². The summed E-state index contributed by atoms with van der Waals surface area (Å²) in [4.78, 5) is 0. The molecule has 1 atom stereocenters. The topological polar surface area (TPSA) is 12.0 Å². The molecule has 2 rings (SSSR count). The third-order valence-corrected chi connectivity index (χ3v) is 3.49. The summed E-state index contributed by atoms with van der Waals surface area (Å²) in [6.45, 7) is 2.08. The molecule has 0 radical (unpaired) electrons. The molecular weight excluding hydrogens is 265 g/mol. The molecule has 1 unspecified atom stereocenters. The molecule has 18 heavy (non-hydrogen) atoms. The first kappa shape index (κ1) is 13.4. The van der Waals surface area contributed by atoms with Crippen LogP contribution in [-0.2, 0) is 0 Å². The molecule has 2 aromatic carbocycles. The van der Waals surface area contributed by atoms with Crippen molar-refractivity contribution in [2.75, 3.05) is 7.05 Å². The van der Waals surface area contributed by atoms with Crippen molar-refractivity contribution in [1.82, 2.24) is 5.32 Å². The van der Waals surface area contributed by atoms with Crippen molar-refractivity contribution in [3.05, 3.63) is 69.2 Å². The highest BCUT2D eigenvalue weighted by Gasteiger charge is 2.14. The van der Waals surface area contributed by atoms with Crippen LogP contribution in [0.4, 0.5) is 0 Å². The Morgan fingerprint density at radius 2 is 1.72 bits per heavy atom. The molecule has 0 saturated heterocycles. The van der Waals surface area contributed by atoms with E-state index in [4.69, 9.17) is 23.2 Å². The lowest BCUT2D eigenvalue weighted by Crippen LogP contribution is -2.18. The Labute approximate surface area is 118 Å². The van der Waals surface area contributed by atoms with Crippen molar-refractivity contribution in [3.63, 3.8) is 0 Å². The maximum absolute atomic E-state index is 6.08. The van der Waals surface area contributed by atoms with Crippen LogP contribution in [0.2, 0.25) is 10.0 Å². The third-order valence-electron chi connectivity index (χ3n) is 3.02.